The van der Waals surface area contributed by atoms with Crippen molar-refractivity contribution in [3.63, 3.8) is 0 Å². The van der Waals surface area contributed by atoms with E-state index in [4.69, 9.17) is 53.6 Å². The summed E-state index contributed by atoms with van der Waals surface area (Å²) in [6.07, 6.45) is 41.9. The van der Waals surface area contributed by atoms with Crippen LogP contribution >= 0.6 is 56.2 Å². The van der Waals surface area contributed by atoms with E-state index in [1.807, 2.05) is 6.92 Å². The van der Waals surface area contributed by atoms with Gasteiger partial charge in [0, 0.05) is 68.4 Å². The van der Waals surface area contributed by atoms with Gasteiger partial charge in [-0.15, -0.1) is 23.2 Å². The average molecular weight is 1240 g/mol. The van der Waals surface area contributed by atoms with Crippen molar-refractivity contribution in [3.8, 4) is 0 Å². The first-order chi connectivity index (χ1) is 36.0. The second kappa shape index (κ2) is 44.3. The Morgan fingerprint density at radius 3 is 1.10 bits per heavy atom. The summed E-state index contributed by atoms with van der Waals surface area (Å²) in [5, 5.41) is 23.2. The number of hydrogen-bond acceptors (Lipinski definition) is 10. The summed E-state index contributed by atoms with van der Waals surface area (Å²) in [5.41, 5.74) is 8.69. The average Bonchev–Trinajstić information content (AvgIpc) is 4.20. The molecule has 7 aliphatic rings. The molecule has 0 amide bonds. The molecule has 4 heterocycles. The Hall–Kier alpha value is -1.24. The van der Waals surface area contributed by atoms with Gasteiger partial charge in [-0.3, -0.25) is 18.8 Å². The van der Waals surface area contributed by atoms with Crippen LogP contribution in [0.25, 0.3) is 0 Å². The van der Waals surface area contributed by atoms with Crippen LogP contribution in [0.1, 0.15) is 299 Å². The molecule has 0 bridgehead atoms. The van der Waals surface area contributed by atoms with Gasteiger partial charge in [0.15, 0.2) is 11.4 Å². The minimum Gasteiger partial charge on any atom is -0.870 e. The molecule has 1 saturated heterocycles. The van der Waals surface area contributed by atoms with Crippen molar-refractivity contribution >= 4 is 82.6 Å². The Morgan fingerprint density at radius 1 is 0.532 bits per heavy atom. The molecule has 0 spiro atoms. The molecular weight excluding hydrogens is 1140 g/mol. The van der Waals surface area contributed by atoms with Gasteiger partial charge in [0.05, 0.1) is 30.1 Å². The van der Waals surface area contributed by atoms with Crippen LogP contribution in [0.2, 0.25) is 0 Å². The molecule has 0 radical (unpaired) electrons. The molecule has 3 aromatic heterocycles. The second-order valence-electron chi connectivity index (χ2n) is 20.7. The van der Waals surface area contributed by atoms with Crippen LogP contribution in [0, 0.1) is 0 Å². The maximum absolute atomic E-state index is 12.3. The quantitative estimate of drug-likeness (QED) is 0.102. The topological polar surface area (TPSA) is 190 Å². The summed E-state index contributed by atoms with van der Waals surface area (Å²) in [5.74, 6) is -1.08. The third-order valence-electron chi connectivity index (χ3n) is 15.6. The van der Waals surface area contributed by atoms with Crippen LogP contribution in [0.15, 0.2) is 0 Å². The number of nitrogens with zero attached hydrogens (tertiary/aromatic N) is 6. The van der Waals surface area contributed by atoms with Crippen LogP contribution < -0.4 is 29.6 Å². The first-order valence-electron chi connectivity index (χ1n) is 28.3. The predicted molar refractivity (Wildman–Crippen MR) is 322 cm³/mol. The van der Waals surface area contributed by atoms with E-state index in [2.05, 4.69) is 45.6 Å². The zero-order valence-corrected chi connectivity index (χ0v) is 52.2. The Morgan fingerprint density at radius 2 is 0.810 bits per heavy atom. The monoisotopic (exact) mass is 1240 g/mol. The Bertz CT molecular complexity index is 2070. The molecule has 450 valence electrons. The standard InChI is InChI=1S/C18H28N2O2.C16H23ClN2O.C16H24N2O2.C4H8O.CH2Cl2.3CH4.Cl2OS.Na.H2O/c1-2-22-18(21)17-15-12-8-3-4-9-13-16(15)20(19-17)14-10-6-5-7-11-14;17-16(20)15-13-10-6-1-2-7-11-14(13)19(18-15)12-8-4-3-5-9-12;19-16(20)15-13-10-6-1-2-7-11-14(13)18(17-15)12-8-4-3-5-9-12;1-2-4-5-3-1;2-1-3;;;;1-4(2)3;;/h14H,2-13H2,1H3;12H,1-11H2;12H,1-11H2,(H,19,20);1-4H2;1H2;3*1H4;;;1H2/q;;;;;;;;;+1;/p-1. The van der Waals surface area contributed by atoms with E-state index in [0.717, 1.165) is 95.0 Å². The first-order valence-corrected chi connectivity index (χ1v) is 32.6. The summed E-state index contributed by atoms with van der Waals surface area (Å²) >= 11 is 15.3. The molecule has 0 atom stereocenters. The minimum absolute atomic E-state index is 0. The minimum atomic E-state index is -1.67. The fraction of sp³-hybridized carbons (Fsp3) is 0.793. The normalized spacial score (nSPS) is 18.4. The summed E-state index contributed by atoms with van der Waals surface area (Å²) in [7, 11) is 7.36. The number of carbonyl (C=O) groups excluding carboxylic acids is 2. The van der Waals surface area contributed by atoms with Gasteiger partial charge in [-0.2, -0.15) is 15.3 Å². The maximum Gasteiger partial charge on any atom is 1.00 e. The summed E-state index contributed by atoms with van der Waals surface area (Å²) in [6.45, 7) is 4.28. The summed E-state index contributed by atoms with van der Waals surface area (Å²) in [4.78, 5) is 35.5. The molecule has 3 aromatic rings. The van der Waals surface area contributed by atoms with Crippen molar-refractivity contribution in [3.05, 3.63) is 50.9 Å². The number of ether oxygens (including phenoxy) is 2. The zero-order valence-electron chi connectivity index (χ0n) is 45.6. The molecule has 6 aliphatic carbocycles. The smallest absolute Gasteiger partial charge is 0.870 e. The van der Waals surface area contributed by atoms with Crippen molar-refractivity contribution in [1.82, 2.24) is 29.3 Å². The van der Waals surface area contributed by atoms with E-state index < -0.39 is 15.2 Å². The third kappa shape index (κ3) is 25.5. The van der Waals surface area contributed by atoms with Gasteiger partial charge >= 0.3 is 41.5 Å². The molecule has 0 unspecified atom stereocenters. The van der Waals surface area contributed by atoms with Crippen molar-refractivity contribution in [2.24, 2.45) is 0 Å². The molecule has 1 aliphatic heterocycles. The number of esters is 1. The number of carbonyl (C=O) groups is 3. The van der Waals surface area contributed by atoms with Gasteiger partial charge in [-0.05, 0) is 147 Å². The van der Waals surface area contributed by atoms with Gasteiger partial charge in [0.2, 0.25) is 9.23 Å². The van der Waals surface area contributed by atoms with E-state index in [-0.39, 0.29) is 73.9 Å². The molecular formula is C58H98Cl5N6NaO8S. The van der Waals surface area contributed by atoms with Gasteiger partial charge in [-0.25, -0.2) is 13.8 Å². The van der Waals surface area contributed by atoms with E-state index in [1.54, 1.807) is 0 Å². The first kappa shape index (κ1) is 77.8. The summed E-state index contributed by atoms with van der Waals surface area (Å²) < 4.78 is 25.8. The van der Waals surface area contributed by atoms with Crippen LogP contribution in [-0.2, 0) is 57.2 Å². The largest absolute Gasteiger partial charge is 1.00 e. The number of rotatable bonds is 7. The van der Waals surface area contributed by atoms with E-state index in [0.29, 0.717) is 41.8 Å². The molecule has 2 N–H and O–H groups in total. The van der Waals surface area contributed by atoms with Crippen LogP contribution in [0.4, 0.5) is 0 Å². The van der Waals surface area contributed by atoms with Crippen molar-refractivity contribution in [2.45, 2.75) is 272 Å². The molecule has 10 rings (SSSR count). The fourth-order valence-corrected chi connectivity index (χ4v) is 12.2. The molecule has 0 aromatic carbocycles. The predicted octanol–water partition coefficient (Wildman–Crippen LogP) is 14.4. The Kier molecular flexibility index (Phi) is 43.6. The molecule has 79 heavy (non-hydrogen) atoms. The number of aromatic nitrogens is 6. The zero-order chi connectivity index (χ0) is 53.1. The summed E-state index contributed by atoms with van der Waals surface area (Å²) in [6, 6.07) is 1.41. The van der Waals surface area contributed by atoms with Gasteiger partial charge in [0.1, 0.15) is 5.69 Å². The maximum atomic E-state index is 12.3. The number of halogens is 5. The second-order valence-corrected chi connectivity index (χ2v) is 24.4. The molecule has 14 nitrogen and oxygen atoms in total. The number of carboxylic acid groups (broad SMARTS) is 1. The van der Waals surface area contributed by atoms with Crippen LogP contribution in [0.3, 0.4) is 0 Å². The fourth-order valence-electron chi connectivity index (χ4n) is 12.0. The van der Waals surface area contributed by atoms with Crippen LogP contribution in [-0.4, -0.2) is 86.5 Å². The van der Waals surface area contributed by atoms with Gasteiger partial charge < -0.3 is 20.1 Å². The SMILES string of the molecule is C.C.C.C1CCOC1.CCOC(=O)c1nn(C2CCCCC2)c2c1CCCCCC2.ClCCl.O=C(Cl)c1nn(C2CCCCC2)c2c1CCCCCC2.O=C(O)c1nn(C2CCCCC2)c2c1CCCCCC2.O=S(Cl)Cl.[Na+].[OH-]. The number of fused-ring (bicyclic) bond motifs is 3. The van der Waals surface area contributed by atoms with Crippen molar-refractivity contribution in [2.75, 3.05) is 25.2 Å². The molecule has 3 saturated carbocycles. The number of aromatic carboxylic acids is 1. The Labute approximate surface area is 524 Å². The van der Waals surface area contributed by atoms with E-state index in [9.17, 15) is 19.5 Å². The van der Waals surface area contributed by atoms with E-state index in [1.165, 1.54) is 177 Å². The molecule has 4 fully saturated rings. The third-order valence-corrected chi connectivity index (χ3v) is 15.8. The van der Waals surface area contributed by atoms with Crippen molar-refractivity contribution in [1.29, 1.82) is 0 Å². The van der Waals surface area contributed by atoms with Crippen molar-refractivity contribution < 1.29 is 68.2 Å². The van der Waals surface area contributed by atoms with Gasteiger partial charge in [-0.1, -0.05) is 119 Å². The Balaban J connectivity index is 0.00000101. The van der Waals surface area contributed by atoms with E-state index >= 15 is 0 Å². The number of hydrogen-bond donors (Lipinski definition) is 1. The van der Waals surface area contributed by atoms with Gasteiger partial charge in [0.25, 0.3) is 5.24 Å². The number of carboxylic acids is 1. The van der Waals surface area contributed by atoms with Crippen LogP contribution in [0.5, 0.6) is 0 Å². The number of alkyl halides is 2. The molecule has 21 heteroatoms.